The molecule has 5 nitrogen and oxygen atoms in total. The van der Waals surface area contributed by atoms with E-state index in [1.807, 2.05) is 5.38 Å². The first-order valence-electron chi connectivity index (χ1n) is 8.23. The van der Waals surface area contributed by atoms with Gasteiger partial charge in [0.15, 0.2) is 11.6 Å². The van der Waals surface area contributed by atoms with Crippen molar-refractivity contribution in [2.24, 2.45) is 0 Å². The number of methoxy groups -OCH3 is 1. The summed E-state index contributed by atoms with van der Waals surface area (Å²) in [6.07, 6.45) is 0. The Labute approximate surface area is 151 Å². The van der Waals surface area contributed by atoms with Crippen LogP contribution in [0, 0.1) is 5.82 Å². The van der Waals surface area contributed by atoms with E-state index >= 15 is 0 Å². The number of hydrogen-bond donors (Lipinski definition) is 2. The molecule has 0 aliphatic heterocycles. The molecule has 1 atom stereocenters. The molecule has 2 amide bonds. The molecule has 2 rings (SSSR count). The molecule has 25 heavy (non-hydrogen) atoms. The minimum Gasteiger partial charge on any atom is -0.494 e. The number of urea groups is 1. The molecule has 1 unspecified atom stereocenters. The Bertz CT molecular complexity index is 675. The minimum atomic E-state index is -0.514. The van der Waals surface area contributed by atoms with Gasteiger partial charge in [0.2, 0.25) is 0 Å². The van der Waals surface area contributed by atoms with E-state index in [0.717, 1.165) is 13.1 Å². The zero-order chi connectivity index (χ0) is 18.2. The number of benzene rings is 1. The molecule has 2 N–H and O–H groups in total. The molecule has 1 aromatic carbocycles. The van der Waals surface area contributed by atoms with Crippen LogP contribution in [0.3, 0.4) is 0 Å². The van der Waals surface area contributed by atoms with Crippen LogP contribution in [0.4, 0.5) is 14.9 Å². The number of likely N-dealkylation sites (N-methyl/N-ethyl adjacent to an activating group) is 1. The van der Waals surface area contributed by atoms with Crippen LogP contribution in [-0.2, 0) is 0 Å². The Morgan fingerprint density at radius 1 is 1.32 bits per heavy atom. The third-order valence-corrected chi connectivity index (χ3v) is 4.75. The van der Waals surface area contributed by atoms with Crippen molar-refractivity contribution in [1.82, 2.24) is 10.2 Å². The number of amides is 2. The van der Waals surface area contributed by atoms with Gasteiger partial charge in [-0.3, -0.25) is 4.90 Å². The van der Waals surface area contributed by atoms with Gasteiger partial charge in [-0.15, -0.1) is 0 Å². The Hall–Kier alpha value is -2.12. The van der Waals surface area contributed by atoms with E-state index in [2.05, 4.69) is 40.8 Å². The lowest BCUT2D eigenvalue weighted by Crippen LogP contribution is -2.39. The monoisotopic (exact) mass is 365 g/mol. The molecule has 0 radical (unpaired) electrons. The van der Waals surface area contributed by atoms with E-state index in [1.54, 1.807) is 17.4 Å². The summed E-state index contributed by atoms with van der Waals surface area (Å²) in [7, 11) is 1.40. The van der Waals surface area contributed by atoms with Gasteiger partial charge in [0, 0.05) is 18.3 Å². The summed E-state index contributed by atoms with van der Waals surface area (Å²) < 4.78 is 18.6. The van der Waals surface area contributed by atoms with Crippen LogP contribution in [0.25, 0.3) is 0 Å². The number of rotatable bonds is 8. The first-order valence-corrected chi connectivity index (χ1v) is 9.17. The quantitative estimate of drug-likeness (QED) is 0.740. The van der Waals surface area contributed by atoms with Gasteiger partial charge in [-0.2, -0.15) is 11.3 Å². The molecule has 0 saturated carbocycles. The summed E-state index contributed by atoms with van der Waals surface area (Å²) in [5.41, 5.74) is 1.57. The molecule has 0 aliphatic rings. The van der Waals surface area contributed by atoms with Crippen molar-refractivity contribution >= 4 is 23.1 Å². The zero-order valence-electron chi connectivity index (χ0n) is 14.7. The van der Waals surface area contributed by atoms with E-state index < -0.39 is 5.82 Å². The number of carbonyl (C=O) groups is 1. The fourth-order valence-electron chi connectivity index (χ4n) is 2.70. The van der Waals surface area contributed by atoms with E-state index in [-0.39, 0.29) is 17.8 Å². The van der Waals surface area contributed by atoms with Crippen LogP contribution < -0.4 is 15.4 Å². The number of hydrogen-bond acceptors (Lipinski definition) is 4. The second-order valence-corrected chi connectivity index (χ2v) is 6.26. The highest BCUT2D eigenvalue weighted by Crippen LogP contribution is 2.23. The first kappa shape index (κ1) is 19.2. The van der Waals surface area contributed by atoms with Crippen molar-refractivity contribution in [3.63, 3.8) is 0 Å². The molecule has 136 valence electrons. The number of anilines is 1. The second-order valence-electron chi connectivity index (χ2n) is 5.48. The van der Waals surface area contributed by atoms with Crippen molar-refractivity contribution in [1.29, 1.82) is 0 Å². The lowest BCUT2D eigenvalue weighted by molar-refractivity contribution is 0.210. The fourth-order valence-corrected chi connectivity index (χ4v) is 3.40. The normalized spacial score (nSPS) is 12.0. The Morgan fingerprint density at radius 3 is 2.64 bits per heavy atom. The smallest absolute Gasteiger partial charge is 0.319 e. The molecule has 0 fully saturated rings. The van der Waals surface area contributed by atoms with Crippen LogP contribution in [0.2, 0.25) is 0 Å². The van der Waals surface area contributed by atoms with Gasteiger partial charge in [0.25, 0.3) is 0 Å². The summed E-state index contributed by atoms with van der Waals surface area (Å²) >= 11 is 1.64. The van der Waals surface area contributed by atoms with Crippen molar-refractivity contribution in [3.8, 4) is 5.75 Å². The summed E-state index contributed by atoms with van der Waals surface area (Å²) in [4.78, 5) is 14.4. The minimum absolute atomic E-state index is 0.111. The molecule has 2 aromatic rings. The van der Waals surface area contributed by atoms with E-state index in [0.29, 0.717) is 12.2 Å². The predicted molar refractivity (Wildman–Crippen MR) is 100.0 cm³/mol. The number of ether oxygens (including phenoxy) is 1. The average Bonchev–Trinajstić information content (AvgIpc) is 3.13. The van der Waals surface area contributed by atoms with Crippen LogP contribution in [-0.4, -0.2) is 37.7 Å². The molecule has 0 saturated heterocycles. The van der Waals surface area contributed by atoms with Crippen molar-refractivity contribution in [3.05, 3.63) is 46.4 Å². The van der Waals surface area contributed by atoms with Gasteiger partial charge in [0.05, 0.1) is 13.2 Å². The van der Waals surface area contributed by atoms with Gasteiger partial charge in [-0.05, 0) is 47.6 Å². The summed E-state index contributed by atoms with van der Waals surface area (Å²) in [6, 6.07) is 6.14. The largest absolute Gasteiger partial charge is 0.494 e. The molecule has 0 bridgehead atoms. The SMILES string of the molecule is CCN(CC)C(CNC(=O)Nc1ccc(OC)c(F)c1)c1ccsc1. The standard InChI is InChI=1S/C18H24FN3O2S/c1-4-22(5-2)16(13-8-9-25-12-13)11-20-18(23)21-14-6-7-17(24-3)15(19)10-14/h6-10,12,16H,4-5,11H2,1-3H3,(H2,20,21,23). The molecule has 1 aromatic heterocycles. The first-order chi connectivity index (χ1) is 12.1. The van der Waals surface area contributed by atoms with Crippen LogP contribution in [0.1, 0.15) is 25.5 Å². The number of nitrogens with one attached hydrogen (secondary N) is 2. The van der Waals surface area contributed by atoms with Crippen molar-refractivity contribution in [2.75, 3.05) is 32.1 Å². The molecule has 1 heterocycles. The molecule has 7 heteroatoms. The van der Waals surface area contributed by atoms with Gasteiger partial charge >= 0.3 is 6.03 Å². The zero-order valence-corrected chi connectivity index (χ0v) is 15.5. The number of thiophene rings is 1. The van der Waals surface area contributed by atoms with Crippen LogP contribution in [0.5, 0.6) is 5.75 Å². The third-order valence-electron chi connectivity index (χ3n) is 4.05. The van der Waals surface area contributed by atoms with Crippen molar-refractivity contribution in [2.45, 2.75) is 19.9 Å². The third kappa shape index (κ3) is 5.17. The second kappa shape index (κ2) is 9.39. The lowest BCUT2D eigenvalue weighted by atomic mass is 10.1. The highest BCUT2D eigenvalue weighted by molar-refractivity contribution is 7.07. The Morgan fingerprint density at radius 2 is 2.08 bits per heavy atom. The topological polar surface area (TPSA) is 53.6 Å². The lowest BCUT2D eigenvalue weighted by Gasteiger charge is -2.29. The van der Waals surface area contributed by atoms with E-state index in [4.69, 9.17) is 4.74 Å². The number of halogens is 1. The van der Waals surface area contributed by atoms with E-state index in [9.17, 15) is 9.18 Å². The molecule has 0 aliphatic carbocycles. The van der Waals surface area contributed by atoms with Crippen molar-refractivity contribution < 1.29 is 13.9 Å². The Balaban J connectivity index is 1.98. The maximum absolute atomic E-state index is 13.7. The number of nitrogens with zero attached hydrogens (tertiary/aromatic N) is 1. The van der Waals surface area contributed by atoms with E-state index in [1.165, 1.54) is 24.8 Å². The maximum atomic E-state index is 13.7. The summed E-state index contributed by atoms with van der Waals surface area (Å²) in [6.45, 7) is 6.46. The van der Waals surface area contributed by atoms with Gasteiger partial charge in [-0.25, -0.2) is 9.18 Å². The summed E-state index contributed by atoms with van der Waals surface area (Å²) in [5.74, 6) is -0.371. The average molecular weight is 365 g/mol. The fraction of sp³-hybridized carbons (Fsp3) is 0.389. The van der Waals surface area contributed by atoms with Crippen LogP contribution in [0.15, 0.2) is 35.0 Å². The molecular weight excluding hydrogens is 341 g/mol. The highest BCUT2D eigenvalue weighted by Gasteiger charge is 2.19. The molecule has 0 spiro atoms. The van der Waals surface area contributed by atoms with Crippen LogP contribution >= 0.6 is 11.3 Å². The maximum Gasteiger partial charge on any atom is 0.319 e. The summed E-state index contributed by atoms with van der Waals surface area (Å²) in [5, 5.41) is 9.66. The molecular formula is C18H24FN3O2S. The van der Waals surface area contributed by atoms with Gasteiger partial charge < -0.3 is 15.4 Å². The number of carbonyl (C=O) groups excluding carboxylic acids is 1. The highest BCUT2D eigenvalue weighted by atomic mass is 32.1. The predicted octanol–water partition coefficient (Wildman–Crippen LogP) is 4.10. The Kier molecular flexibility index (Phi) is 7.21. The van der Waals surface area contributed by atoms with Gasteiger partial charge in [-0.1, -0.05) is 13.8 Å². The van der Waals surface area contributed by atoms with Gasteiger partial charge in [0.1, 0.15) is 0 Å².